The minimum atomic E-state index is 0.242. The zero-order valence-electron chi connectivity index (χ0n) is 15.1. The van der Waals surface area contributed by atoms with Crippen molar-refractivity contribution in [1.29, 1.82) is 0 Å². The number of benzene rings is 1. The van der Waals surface area contributed by atoms with E-state index in [0.717, 1.165) is 57.0 Å². The van der Waals surface area contributed by atoms with Gasteiger partial charge in [0.2, 0.25) is 0 Å². The van der Waals surface area contributed by atoms with Gasteiger partial charge in [0.25, 0.3) is 0 Å². The molecular formula is C18H29ClN4O2. The second-order valence-electron chi connectivity index (χ2n) is 5.79. The second kappa shape index (κ2) is 11.3. The van der Waals surface area contributed by atoms with Crippen molar-refractivity contribution >= 4 is 17.6 Å². The number of ether oxygens (including phenoxy) is 2. The van der Waals surface area contributed by atoms with Crippen LogP contribution in [0.2, 0.25) is 5.02 Å². The Bertz CT molecular complexity index is 518. The number of hydrogen-bond donors (Lipinski definition) is 2. The molecule has 0 saturated carbocycles. The van der Waals surface area contributed by atoms with E-state index in [-0.39, 0.29) is 6.04 Å². The van der Waals surface area contributed by atoms with Crippen molar-refractivity contribution in [2.75, 3.05) is 59.7 Å². The van der Waals surface area contributed by atoms with Gasteiger partial charge in [-0.1, -0.05) is 23.7 Å². The summed E-state index contributed by atoms with van der Waals surface area (Å²) in [6.07, 6.45) is 0. The Morgan fingerprint density at radius 3 is 2.64 bits per heavy atom. The summed E-state index contributed by atoms with van der Waals surface area (Å²) in [5.74, 6) is 0.784. The van der Waals surface area contributed by atoms with Gasteiger partial charge in [-0.05, 0) is 24.6 Å². The summed E-state index contributed by atoms with van der Waals surface area (Å²) in [5, 5.41) is 7.45. The van der Waals surface area contributed by atoms with Gasteiger partial charge in [0, 0.05) is 44.9 Å². The lowest BCUT2D eigenvalue weighted by Gasteiger charge is -2.35. The van der Waals surface area contributed by atoms with Gasteiger partial charge in [-0.3, -0.25) is 9.89 Å². The van der Waals surface area contributed by atoms with E-state index >= 15 is 0 Å². The van der Waals surface area contributed by atoms with Crippen LogP contribution in [0.4, 0.5) is 0 Å². The zero-order valence-corrected chi connectivity index (χ0v) is 15.9. The molecule has 1 aliphatic rings. The van der Waals surface area contributed by atoms with Gasteiger partial charge >= 0.3 is 0 Å². The molecule has 0 bridgehead atoms. The molecule has 140 valence electrons. The van der Waals surface area contributed by atoms with Crippen LogP contribution in [0.15, 0.2) is 29.3 Å². The second-order valence-corrected chi connectivity index (χ2v) is 6.23. The maximum absolute atomic E-state index is 6.04. The molecule has 6 nitrogen and oxygen atoms in total. The van der Waals surface area contributed by atoms with Crippen LogP contribution in [0.3, 0.4) is 0 Å². The molecule has 1 heterocycles. The van der Waals surface area contributed by atoms with Crippen molar-refractivity contribution < 1.29 is 9.47 Å². The number of rotatable bonds is 8. The molecule has 1 unspecified atom stereocenters. The van der Waals surface area contributed by atoms with E-state index in [2.05, 4.69) is 32.7 Å². The summed E-state index contributed by atoms with van der Waals surface area (Å²) in [7, 11) is 1.78. The van der Waals surface area contributed by atoms with Crippen LogP contribution in [0.25, 0.3) is 0 Å². The predicted molar refractivity (Wildman–Crippen MR) is 102 cm³/mol. The molecule has 0 radical (unpaired) electrons. The van der Waals surface area contributed by atoms with Crippen LogP contribution in [0, 0.1) is 0 Å². The Morgan fingerprint density at radius 1 is 1.28 bits per heavy atom. The highest BCUT2D eigenvalue weighted by atomic mass is 35.5. The number of morpholine rings is 1. The highest BCUT2D eigenvalue weighted by molar-refractivity contribution is 6.30. The number of aliphatic imine (C=N–C) groups is 1. The quantitative estimate of drug-likeness (QED) is 0.417. The summed E-state index contributed by atoms with van der Waals surface area (Å²) in [4.78, 5) is 6.72. The van der Waals surface area contributed by atoms with Gasteiger partial charge in [0.15, 0.2) is 5.96 Å². The topological polar surface area (TPSA) is 58.1 Å². The van der Waals surface area contributed by atoms with E-state index in [1.807, 2.05) is 19.1 Å². The first-order valence-corrected chi connectivity index (χ1v) is 9.22. The molecule has 0 aliphatic carbocycles. The lowest BCUT2D eigenvalue weighted by molar-refractivity contribution is 0.0170. The Balaban J connectivity index is 1.96. The summed E-state index contributed by atoms with van der Waals surface area (Å²) in [6, 6.07) is 8.32. The molecular weight excluding hydrogens is 340 g/mol. The number of hydrogen-bond acceptors (Lipinski definition) is 4. The Hall–Kier alpha value is -1.34. The molecule has 1 atom stereocenters. The molecule has 0 amide bonds. The van der Waals surface area contributed by atoms with Crippen molar-refractivity contribution in [3.8, 4) is 0 Å². The van der Waals surface area contributed by atoms with Gasteiger partial charge in [0.05, 0.1) is 25.9 Å². The van der Waals surface area contributed by atoms with Crippen molar-refractivity contribution in [3.63, 3.8) is 0 Å². The molecule has 7 heteroatoms. The van der Waals surface area contributed by atoms with E-state index in [0.29, 0.717) is 6.61 Å². The van der Waals surface area contributed by atoms with E-state index in [4.69, 9.17) is 21.1 Å². The molecule has 1 saturated heterocycles. The minimum Gasteiger partial charge on any atom is -0.380 e. The van der Waals surface area contributed by atoms with Gasteiger partial charge in [-0.15, -0.1) is 0 Å². The third-order valence-electron chi connectivity index (χ3n) is 4.17. The third kappa shape index (κ3) is 6.82. The minimum absolute atomic E-state index is 0.242. The maximum Gasteiger partial charge on any atom is 0.191 e. The van der Waals surface area contributed by atoms with E-state index < -0.39 is 0 Å². The molecule has 1 aromatic rings. The summed E-state index contributed by atoms with van der Waals surface area (Å²) in [6.45, 7) is 8.26. The molecule has 2 N–H and O–H groups in total. The zero-order chi connectivity index (χ0) is 17.9. The van der Waals surface area contributed by atoms with Gasteiger partial charge < -0.3 is 20.1 Å². The normalized spacial score (nSPS) is 17.3. The summed E-state index contributed by atoms with van der Waals surface area (Å²) in [5.41, 5.74) is 1.24. The van der Waals surface area contributed by atoms with Crippen LogP contribution in [0.1, 0.15) is 18.5 Å². The van der Waals surface area contributed by atoms with Crippen LogP contribution in [-0.4, -0.2) is 70.5 Å². The Labute approximate surface area is 155 Å². The van der Waals surface area contributed by atoms with E-state index in [1.165, 1.54) is 5.56 Å². The predicted octanol–water partition coefficient (Wildman–Crippen LogP) is 1.91. The first-order valence-electron chi connectivity index (χ1n) is 8.84. The lowest BCUT2D eigenvalue weighted by Crippen LogP contribution is -2.46. The van der Waals surface area contributed by atoms with Crippen molar-refractivity contribution in [2.24, 2.45) is 4.99 Å². The van der Waals surface area contributed by atoms with Crippen molar-refractivity contribution in [1.82, 2.24) is 15.5 Å². The first-order chi connectivity index (χ1) is 12.2. The standard InChI is InChI=1S/C18H29ClN4O2/c1-3-24-11-8-21-18(20-2)22-14-17(23-9-12-25-13-10-23)15-4-6-16(19)7-5-15/h4-7,17H,3,8-14H2,1-2H3,(H2,20,21,22). The maximum atomic E-state index is 6.04. The highest BCUT2D eigenvalue weighted by Crippen LogP contribution is 2.23. The fraction of sp³-hybridized carbons (Fsp3) is 0.611. The number of halogens is 1. The van der Waals surface area contributed by atoms with Crippen LogP contribution < -0.4 is 10.6 Å². The number of nitrogens with zero attached hydrogens (tertiary/aromatic N) is 2. The molecule has 2 rings (SSSR count). The Morgan fingerprint density at radius 2 is 2.00 bits per heavy atom. The number of nitrogens with one attached hydrogen (secondary N) is 2. The highest BCUT2D eigenvalue weighted by Gasteiger charge is 2.22. The van der Waals surface area contributed by atoms with E-state index in [1.54, 1.807) is 7.05 Å². The molecule has 1 aliphatic heterocycles. The van der Waals surface area contributed by atoms with Gasteiger partial charge in [-0.2, -0.15) is 0 Å². The average molecular weight is 369 g/mol. The average Bonchev–Trinajstić information content (AvgIpc) is 2.66. The van der Waals surface area contributed by atoms with E-state index in [9.17, 15) is 0 Å². The largest absolute Gasteiger partial charge is 0.380 e. The van der Waals surface area contributed by atoms with Gasteiger partial charge in [0.1, 0.15) is 0 Å². The smallest absolute Gasteiger partial charge is 0.191 e. The monoisotopic (exact) mass is 368 g/mol. The van der Waals surface area contributed by atoms with Crippen LogP contribution >= 0.6 is 11.6 Å². The van der Waals surface area contributed by atoms with Crippen LogP contribution in [-0.2, 0) is 9.47 Å². The summed E-state index contributed by atoms with van der Waals surface area (Å²) >= 11 is 6.04. The van der Waals surface area contributed by atoms with Gasteiger partial charge in [-0.25, -0.2) is 0 Å². The SMILES string of the molecule is CCOCCNC(=NC)NCC(c1ccc(Cl)cc1)N1CCOCC1. The molecule has 0 spiro atoms. The molecule has 25 heavy (non-hydrogen) atoms. The fourth-order valence-electron chi connectivity index (χ4n) is 2.83. The molecule has 1 fully saturated rings. The first kappa shape index (κ1) is 20.0. The van der Waals surface area contributed by atoms with Crippen LogP contribution in [0.5, 0.6) is 0 Å². The molecule has 0 aromatic heterocycles. The fourth-order valence-corrected chi connectivity index (χ4v) is 2.96. The van der Waals surface area contributed by atoms with Crippen molar-refractivity contribution in [2.45, 2.75) is 13.0 Å². The lowest BCUT2D eigenvalue weighted by atomic mass is 10.0. The van der Waals surface area contributed by atoms with Crippen molar-refractivity contribution in [3.05, 3.63) is 34.9 Å². The summed E-state index contributed by atoms with van der Waals surface area (Å²) < 4.78 is 10.8. The molecule has 1 aromatic carbocycles. The third-order valence-corrected chi connectivity index (χ3v) is 4.42. The number of guanidine groups is 1. The Kier molecular flexibility index (Phi) is 9.04.